The monoisotopic (exact) mass is 477 g/mol. The molecule has 3 amide bonds. The lowest BCUT2D eigenvalue weighted by atomic mass is 10.0. The van der Waals surface area contributed by atoms with Gasteiger partial charge in [0.1, 0.15) is 11.9 Å². The van der Waals surface area contributed by atoms with Crippen molar-refractivity contribution >= 4 is 29.2 Å². The molecule has 0 bridgehead atoms. The number of halogens is 1. The molecule has 3 aliphatic rings. The van der Waals surface area contributed by atoms with Gasteiger partial charge < -0.3 is 9.80 Å². The van der Waals surface area contributed by atoms with Crippen molar-refractivity contribution < 1.29 is 18.8 Å². The zero-order chi connectivity index (χ0) is 24.1. The maximum atomic E-state index is 15.1. The van der Waals surface area contributed by atoms with Crippen molar-refractivity contribution in [3.63, 3.8) is 0 Å². The molecule has 1 N–H and O–H groups in total. The molecule has 35 heavy (non-hydrogen) atoms. The van der Waals surface area contributed by atoms with Gasteiger partial charge in [-0.3, -0.25) is 29.0 Å². The number of rotatable bonds is 4. The van der Waals surface area contributed by atoms with Crippen molar-refractivity contribution in [3.8, 4) is 0 Å². The Bertz CT molecular complexity index is 1350. The average molecular weight is 478 g/mol. The Balaban J connectivity index is 1.14. The molecule has 0 saturated carbocycles. The highest BCUT2D eigenvalue weighted by Crippen LogP contribution is 2.33. The van der Waals surface area contributed by atoms with Crippen LogP contribution in [0.5, 0.6) is 0 Å². The summed E-state index contributed by atoms with van der Waals surface area (Å²) in [6, 6.07) is 4.19. The SMILES string of the molecule is O=C1CCC(N2Cc3cc(N4CCN(Cc5cnc6ncccn56)CC4)c(F)cc3C2=O)C(=O)N1. The van der Waals surface area contributed by atoms with E-state index in [1.807, 2.05) is 27.8 Å². The normalized spacial score (nSPS) is 21.1. The quantitative estimate of drug-likeness (QED) is 0.558. The zero-order valence-electron chi connectivity index (χ0n) is 19.0. The van der Waals surface area contributed by atoms with Crippen LogP contribution >= 0.6 is 0 Å². The van der Waals surface area contributed by atoms with Gasteiger partial charge >= 0.3 is 0 Å². The number of benzene rings is 1. The van der Waals surface area contributed by atoms with Crippen molar-refractivity contribution in [1.82, 2.24) is 29.5 Å². The zero-order valence-corrected chi connectivity index (χ0v) is 19.0. The average Bonchev–Trinajstić information content (AvgIpc) is 3.40. The summed E-state index contributed by atoms with van der Waals surface area (Å²) in [5.74, 6) is -0.944. The lowest BCUT2D eigenvalue weighted by Crippen LogP contribution is -2.52. The second-order valence-electron chi connectivity index (χ2n) is 9.16. The number of amides is 3. The molecule has 2 saturated heterocycles. The molecule has 0 radical (unpaired) electrons. The first-order chi connectivity index (χ1) is 17.0. The molecular weight excluding hydrogens is 453 g/mol. The number of imide groups is 1. The van der Waals surface area contributed by atoms with E-state index in [2.05, 4.69) is 20.2 Å². The lowest BCUT2D eigenvalue weighted by Gasteiger charge is -2.36. The van der Waals surface area contributed by atoms with E-state index in [1.54, 1.807) is 12.3 Å². The fourth-order valence-corrected chi connectivity index (χ4v) is 5.19. The Labute approximate surface area is 200 Å². The standard InChI is InChI=1S/C24H24FN7O3/c25-18-11-17-15(13-32(23(17)35)19-2-3-21(33)28-22(19)34)10-20(18)30-8-6-29(7-9-30)14-16-12-27-24-26-4-1-5-31(16)24/h1,4-5,10-12,19H,2-3,6-9,13-14H2,(H,28,33,34). The van der Waals surface area contributed by atoms with Crippen molar-refractivity contribution in [3.05, 3.63) is 59.4 Å². The van der Waals surface area contributed by atoms with Gasteiger partial charge in [-0.2, -0.15) is 0 Å². The molecule has 180 valence electrons. The second-order valence-corrected chi connectivity index (χ2v) is 9.16. The fourth-order valence-electron chi connectivity index (χ4n) is 5.19. The van der Waals surface area contributed by atoms with Gasteiger partial charge in [0.15, 0.2) is 0 Å². The topological polar surface area (TPSA) is 103 Å². The van der Waals surface area contributed by atoms with Gasteiger partial charge in [-0.1, -0.05) is 0 Å². The molecule has 6 rings (SSSR count). The van der Waals surface area contributed by atoms with Crippen molar-refractivity contribution in [2.75, 3.05) is 31.1 Å². The van der Waals surface area contributed by atoms with Crippen LogP contribution in [0.3, 0.4) is 0 Å². The highest BCUT2D eigenvalue weighted by atomic mass is 19.1. The summed E-state index contributed by atoms with van der Waals surface area (Å²) in [5, 5.41) is 2.29. The van der Waals surface area contributed by atoms with E-state index in [4.69, 9.17) is 0 Å². The highest BCUT2D eigenvalue weighted by Gasteiger charge is 2.40. The van der Waals surface area contributed by atoms with Crippen LogP contribution in [0.1, 0.15) is 34.5 Å². The van der Waals surface area contributed by atoms with Crippen LogP contribution in [0, 0.1) is 5.82 Å². The van der Waals surface area contributed by atoms with Gasteiger partial charge in [0.2, 0.25) is 17.6 Å². The van der Waals surface area contributed by atoms with Crippen LogP contribution in [-0.2, 0) is 22.7 Å². The minimum absolute atomic E-state index is 0.187. The summed E-state index contributed by atoms with van der Waals surface area (Å²) in [7, 11) is 0. The van der Waals surface area contributed by atoms with Crippen LogP contribution in [0.2, 0.25) is 0 Å². The Hall–Kier alpha value is -3.86. The highest BCUT2D eigenvalue weighted by molar-refractivity contribution is 6.05. The number of imidazole rings is 1. The van der Waals surface area contributed by atoms with Gasteiger partial charge in [-0.25, -0.2) is 14.4 Å². The number of carbonyl (C=O) groups excluding carboxylic acids is 3. The number of fused-ring (bicyclic) bond motifs is 2. The summed E-state index contributed by atoms with van der Waals surface area (Å²) in [5.41, 5.74) is 2.52. The van der Waals surface area contributed by atoms with Crippen LogP contribution in [0.4, 0.5) is 10.1 Å². The number of aromatic nitrogens is 3. The number of carbonyl (C=O) groups is 3. The number of piperidine rings is 1. The van der Waals surface area contributed by atoms with E-state index in [1.165, 1.54) is 11.0 Å². The van der Waals surface area contributed by atoms with E-state index in [-0.39, 0.29) is 36.8 Å². The predicted molar refractivity (Wildman–Crippen MR) is 123 cm³/mol. The Kier molecular flexibility index (Phi) is 5.21. The number of nitrogens with zero attached hydrogens (tertiary/aromatic N) is 6. The van der Waals surface area contributed by atoms with Crippen LogP contribution in [0.15, 0.2) is 36.8 Å². The van der Waals surface area contributed by atoms with Gasteiger partial charge in [-0.15, -0.1) is 0 Å². The molecule has 3 aliphatic heterocycles. The lowest BCUT2D eigenvalue weighted by molar-refractivity contribution is -0.136. The summed E-state index contributed by atoms with van der Waals surface area (Å²) < 4.78 is 17.1. The van der Waals surface area contributed by atoms with Gasteiger partial charge in [0.25, 0.3) is 5.91 Å². The van der Waals surface area contributed by atoms with E-state index in [0.717, 1.165) is 25.3 Å². The molecule has 0 spiro atoms. The van der Waals surface area contributed by atoms with E-state index >= 15 is 4.39 Å². The third-order valence-electron chi connectivity index (χ3n) is 7.05. The van der Waals surface area contributed by atoms with E-state index < -0.39 is 17.8 Å². The van der Waals surface area contributed by atoms with Crippen molar-refractivity contribution in [2.45, 2.75) is 32.0 Å². The molecule has 1 unspecified atom stereocenters. The first-order valence-electron chi connectivity index (χ1n) is 11.7. The molecule has 11 heteroatoms. The third-order valence-corrected chi connectivity index (χ3v) is 7.05. The molecule has 2 fully saturated rings. The smallest absolute Gasteiger partial charge is 0.255 e. The van der Waals surface area contributed by atoms with Crippen LogP contribution < -0.4 is 10.2 Å². The van der Waals surface area contributed by atoms with Gasteiger partial charge in [0.05, 0.1) is 17.6 Å². The summed E-state index contributed by atoms with van der Waals surface area (Å²) in [4.78, 5) is 51.0. The second kappa shape index (κ2) is 8.42. The molecular formula is C24H24FN7O3. The molecule has 2 aromatic heterocycles. The molecule has 0 aliphatic carbocycles. The maximum Gasteiger partial charge on any atom is 0.255 e. The number of hydrogen-bond acceptors (Lipinski definition) is 7. The maximum absolute atomic E-state index is 15.1. The first-order valence-corrected chi connectivity index (χ1v) is 11.7. The van der Waals surface area contributed by atoms with E-state index in [0.29, 0.717) is 30.1 Å². The predicted octanol–water partition coefficient (Wildman–Crippen LogP) is 0.952. The Morgan fingerprint density at radius 1 is 1.09 bits per heavy atom. The van der Waals surface area contributed by atoms with Gasteiger partial charge in [-0.05, 0) is 30.2 Å². The van der Waals surface area contributed by atoms with Gasteiger partial charge in [0, 0.05) is 63.6 Å². The Morgan fingerprint density at radius 3 is 2.71 bits per heavy atom. The molecule has 3 aromatic rings. The molecule has 5 heterocycles. The van der Waals surface area contributed by atoms with Crippen molar-refractivity contribution in [1.29, 1.82) is 0 Å². The van der Waals surface area contributed by atoms with Crippen LogP contribution in [-0.4, -0.2) is 74.1 Å². The number of piperazine rings is 1. The summed E-state index contributed by atoms with van der Waals surface area (Å²) in [6.45, 7) is 3.76. The fraction of sp³-hybridized carbons (Fsp3) is 0.375. The molecule has 1 aromatic carbocycles. The number of nitrogens with one attached hydrogen (secondary N) is 1. The summed E-state index contributed by atoms with van der Waals surface area (Å²) >= 11 is 0. The van der Waals surface area contributed by atoms with Crippen molar-refractivity contribution in [2.24, 2.45) is 0 Å². The number of anilines is 1. The number of hydrogen-bond donors (Lipinski definition) is 1. The molecule has 1 atom stereocenters. The minimum Gasteiger partial charge on any atom is -0.367 e. The minimum atomic E-state index is -0.711. The molecule has 10 nitrogen and oxygen atoms in total. The van der Waals surface area contributed by atoms with Crippen LogP contribution in [0.25, 0.3) is 5.78 Å². The first kappa shape index (κ1) is 21.7. The largest absolute Gasteiger partial charge is 0.367 e. The Morgan fingerprint density at radius 2 is 1.91 bits per heavy atom. The van der Waals surface area contributed by atoms with E-state index in [9.17, 15) is 14.4 Å². The summed E-state index contributed by atoms with van der Waals surface area (Å²) in [6.07, 6.45) is 5.96. The third kappa shape index (κ3) is 3.81.